The summed E-state index contributed by atoms with van der Waals surface area (Å²) < 4.78 is 0. The van der Waals surface area contributed by atoms with Crippen molar-refractivity contribution in [1.29, 1.82) is 31.6 Å². The molecule has 0 aromatic heterocycles. The van der Waals surface area contributed by atoms with E-state index in [4.69, 9.17) is 4.99 Å². The van der Waals surface area contributed by atoms with E-state index in [1.54, 1.807) is 6.07 Å². The van der Waals surface area contributed by atoms with Crippen LogP contribution in [0.5, 0.6) is 0 Å². The van der Waals surface area contributed by atoms with Crippen LogP contribution in [0, 0.1) is 68.0 Å². The van der Waals surface area contributed by atoms with Gasteiger partial charge in [-0.1, -0.05) is 84.9 Å². The molecular formula is C40H18N8. The Morgan fingerprint density at radius 1 is 0.500 bits per heavy atom. The topological polar surface area (TPSA) is 167 Å². The monoisotopic (exact) mass is 610 g/mol. The third kappa shape index (κ3) is 4.37. The molecule has 48 heavy (non-hydrogen) atoms. The Bertz CT molecular complexity index is 2470. The van der Waals surface area contributed by atoms with Gasteiger partial charge in [0.05, 0.1) is 23.1 Å². The third-order valence-corrected chi connectivity index (χ3v) is 8.60. The van der Waals surface area contributed by atoms with E-state index < -0.39 is 6.04 Å². The highest BCUT2D eigenvalue weighted by atomic mass is 15.0. The number of hydrogen-bond donors (Lipinski definition) is 1. The SMILES string of the molecule is N#CC(C#N)=C1C2=C(N=C3C(=C(C#N)C#N)c4cc(-c5ccccc5)ccc4C(=C(C#N)C#N)C3N2)c2ccc(-c3ccccc3)cc21. The molecule has 4 aromatic rings. The van der Waals surface area contributed by atoms with Gasteiger partial charge in [-0.3, -0.25) is 0 Å². The predicted molar refractivity (Wildman–Crippen MR) is 179 cm³/mol. The number of benzene rings is 4. The van der Waals surface area contributed by atoms with Crippen LogP contribution in [0.1, 0.15) is 22.3 Å². The summed E-state index contributed by atoms with van der Waals surface area (Å²) in [7, 11) is 0. The second kappa shape index (κ2) is 11.6. The molecular weight excluding hydrogens is 592 g/mol. The molecule has 0 saturated carbocycles. The van der Waals surface area contributed by atoms with Gasteiger partial charge in [0.15, 0.2) is 0 Å². The molecule has 1 unspecified atom stereocenters. The molecule has 0 radical (unpaired) electrons. The predicted octanol–water partition coefficient (Wildman–Crippen LogP) is 7.23. The summed E-state index contributed by atoms with van der Waals surface area (Å²) in [5.74, 6) is 0. The van der Waals surface area contributed by atoms with Gasteiger partial charge < -0.3 is 5.32 Å². The number of nitrogens with one attached hydrogen (secondary N) is 1. The van der Waals surface area contributed by atoms with E-state index in [0.29, 0.717) is 44.8 Å². The molecule has 1 aliphatic heterocycles. The van der Waals surface area contributed by atoms with Gasteiger partial charge in [0.2, 0.25) is 0 Å². The minimum absolute atomic E-state index is 0.141. The molecule has 1 heterocycles. The van der Waals surface area contributed by atoms with Crippen molar-refractivity contribution in [2.45, 2.75) is 6.04 Å². The first-order valence-electron chi connectivity index (χ1n) is 14.7. The molecule has 0 fully saturated rings. The van der Waals surface area contributed by atoms with Gasteiger partial charge in [-0.05, 0) is 51.1 Å². The smallest absolute Gasteiger partial charge is 0.139 e. The Morgan fingerprint density at radius 2 is 0.979 bits per heavy atom. The molecule has 1 N–H and O–H groups in total. The summed E-state index contributed by atoms with van der Waals surface area (Å²) >= 11 is 0. The van der Waals surface area contributed by atoms with Crippen molar-refractivity contribution < 1.29 is 0 Å². The second-order valence-corrected chi connectivity index (χ2v) is 11.0. The maximum atomic E-state index is 10.2. The lowest BCUT2D eigenvalue weighted by Gasteiger charge is -2.36. The first-order valence-corrected chi connectivity index (χ1v) is 14.7. The average Bonchev–Trinajstić information content (AvgIpc) is 3.45. The number of rotatable bonds is 2. The molecule has 0 spiro atoms. The van der Waals surface area contributed by atoms with E-state index in [0.717, 1.165) is 22.3 Å². The van der Waals surface area contributed by atoms with Gasteiger partial charge in [-0.15, -0.1) is 0 Å². The Labute approximate surface area is 275 Å². The summed E-state index contributed by atoms with van der Waals surface area (Å²) in [4.78, 5) is 5.08. The number of allylic oxidation sites excluding steroid dienone is 4. The van der Waals surface area contributed by atoms with Crippen molar-refractivity contribution in [3.8, 4) is 58.7 Å². The fourth-order valence-electron chi connectivity index (χ4n) is 6.53. The summed E-state index contributed by atoms with van der Waals surface area (Å²) in [5.41, 5.74) is 7.22. The summed E-state index contributed by atoms with van der Waals surface area (Å²) in [6.45, 7) is 0. The van der Waals surface area contributed by atoms with E-state index in [1.807, 2.05) is 127 Å². The van der Waals surface area contributed by atoms with E-state index in [1.165, 1.54) is 0 Å². The van der Waals surface area contributed by atoms with Crippen molar-refractivity contribution in [2.75, 3.05) is 0 Å². The van der Waals surface area contributed by atoms with Crippen LogP contribution in [-0.2, 0) is 0 Å². The molecule has 0 saturated heterocycles. The zero-order chi connectivity index (χ0) is 33.4. The van der Waals surface area contributed by atoms with Gasteiger partial charge in [0.1, 0.15) is 53.1 Å². The Hall–Kier alpha value is -7.75. The highest BCUT2D eigenvalue weighted by Crippen LogP contribution is 2.50. The fourth-order valence-corrected chi connectivity index (χ4v) is 6.53. The molecule has 3 aliphatic rings. The molecule has 8 heteroatoms. The number of hydrogen-bond acceptors (Lipinski definition) is 8. The van der Waals surface area contributed by atoms with Crippen LogP contribution in [0.15, 0.2) is 124 Å². The number of nitrogens with zero attached hydrogens (tertiary/aromatic N) is 7. The van der Waals surface area contributed by atoms with Crippen LogP contribution in [0.3, 0.4) is 0 Å². The first kappa shape index (κ1) is 29.0. The second-order valence-electron chi connectivity index (χ2n) is 11.0. The minimum Gasteiger partial charge on any atom is -0.370 e. The zero-order valence-electron chi connectivity index (χ0n) is 24.9. The number of aliphatic imine (C=N–C) groups is 1. The zero-order valence-corrected chi connectivity index (χ0v) is 24.9. The molecule has 0 amide bonds. The van der Waals surface area contributed by atoms with E-state index in [2.05, 4.69) is 5.32 Å². The van der Waals surface area contributed by atoms with Crippen LogP contribution in [0.2, 0.25) is 0 Å². The van der Waals surface area contributed by atoms with Gasteiger partial charge in [-0.2, -0.15) is 31.6 Å². The summed E-state index contributed by atoms with van der Waals surface area (Å²) in [6, 6.07) is 41.6. The minimum atomic E-state index is -0.962. The first-order chi connectivity index (χ1) is 23.6. The van der Waals surface area contributed by atoms with Crippen molar-refractivity contribution in [1.82, 2.24) is 5.32 Å². The Kier molecular flexibility index (Phi) is 7.03. The van der Waals surface area contributed by atoms with Crippen molar-refractivity contribution in [3.63, 3.8) is 0 Å². The normalized spacial score (nSPS) is 14.8. The van der Waals surface area contributed by atoms with Gasteiger partial charge >= 0.3 is 0 Å². The lowest BCUT2D eigenvalue weighted by atomic mass is 9.74. The largest absolute Gasteiger partial charge is 0.370 e. The molecule has 8 nitrogen and oxygen atoms in total. The highest BCUT2D eigenvalue weighted by molar-refractivity contribution is 6.37. The van der Waals surface area contributed by atoms with E-state index in [9.17, 15) is 31.6 Å². The third-order valence-electron chi connectivity index (χ3n) is 8.60. The maximum Gasteiger partial charge on any atom is 0.139 e. The fraction of sp³-hybridized carbons (Fsp3) is 0.0250. The van der Waals surface area contributed by atoms with Crippen LogP contribution in [-0.4, -0.2) is 11.8 Å². The summed E-state index contributed by atoms with van der Waals surface area (Å²) in [6.07, 6.45) is 0. The highest BCUT2D eigenvalue weighted by Gasteiger charge is 2.43. The molecule has 1 atom stereocenters. The van der Waals surface area contributed by atoms with Gasteiger partial charge in [-0.25, -0.2) is 4.99 Å². The average molecular weight is 611 g/mol. The summed E-state index contributed by atoms with van der Waals surface area (Å²) in [5, 5.41) is 64.3. The standard InChI is InChI=1S/C40H18N8/c41-17-27(18-42)34-30-13-11-25(23-7-3-1-4-8-23)15-32(30)35(28(19-43)20-44)40-39(34)48-38-36(29(21-45)22-46)33-16-26(24-9-5-2-6-10-24)12-14-31(33)37(38)47-40/h1-16,39,48H. The number of fused-ring (bicyclic) bond motifs is 4. The van der Waals surface area contributed by atoms with Crippen molar-refractivity contribution in [3.05, 3.63) is 142 Å². The Balaban J connectivity index is 1.55. The van der Waals surface area contributed by atoms with Gasteiger partial charge in [0.25, 0.3) is 0 Å². The Morgan fingerprint density at radius 3 is 1.50 bits per heavy atom. The quantitative estimate of drug-likeness (QED) is 0.234. The van der Waals surface area contributed by atoms with Crippen LogP contribution in [0.4, 0.5) is 0 Å². The maximum absolute atomic E-state index is 10.2. The van der Waals surface area contributed by atoms with Gasteiger partial charge in [0, 0.05) is 22.3 Å². The number of nitriles is 6. The van der Waals surface area contributed by atoms with E-state index in [-0.39, 0.29) is 28.0 Å². The lowest BCUT2D eigenvalue weighted by Crippen LogP contribution is -2.43. The molecule has 2 aliphatic carbocycles. The van der Waals surface area contributed by atoms with E-state index >= 15 is 0 Å². The molecule has 4 aromatic carbocycles. The van der Waals surface area contributed by atoms with Crippen LogP contribution < -0.4 is 5.32 Å². The molecule has 218 valence electrons. The van der Waals surface area contributed by atoms with Crippen LogP contribution >= 0.6 is 0 Å². The van der Waals surface area contributed by atoms with Crippen molar-refractivity contribution in [2.24, 2.45) is 4.99 Å². The molecule has 7 rings (SSSR count). The molecule has 0 bridgehead atoms. The van der Waals surface area contributed by atoms with Crippen LogP contribution in [0.25, 0.3) is 44.7 Å². The lowest BCUT2D eigenvalue weighted by molar-refractivity contribution is 0.845. The van der Waals surface area contributed by atoms with Crippen molar-refractivity contribution >= 4 is 28.1 Å².